The molecule has 5 nitrogen and oxygen atoms in total. The van der Waals surface area contributed by atoms with Crippen LogP contribution in [0.25, 0.3) is 44.9 Å². The second kappa shape index (κ2) is 11.4. The molecule has 41 heavy (non-hydrogen) atoms. The third-order valence-corrected chi connectivity index (χ3v) is 7.34. The highest BCUT2D eigenvalue weighted by Gasteiger charge is 2.20. The van der Waals surface area contributed by atoms with E-state index in [2.05, 4.69) is 13.0 Å². The molecule has 2 unspecified atom stereocenters. The van der Waals surface area contributed by atoms with Gasteiger partial charge < -0.3 is 10.8 Å². The molecule has 6 rings (SSSR count). The molecule has 1 aromatic heterocycles. The molecule has 1 heterocycles. The Morgan fingerprint density at radius 2 is 1.22 bits per heavy atom. The summed E-state index contributed by atoms with van der Waals surface area (Å²) in [6.45, 7) is 2.11. The van der Waals surface area contributed by atoms with Crippen LogP contribution in [0.5, 0.6) is 0 Å². The van der Waals surface area contributed by atoms with Crippen LogP contribution >= 0.6 is 0 Å². The Morgan fingerprint density at radius 1 is 0.634 bits per heavy atom. The van der Waals surface area contributed by atoms with Crippen LogP contribution in [0.3, 0.4) is 0 Å². The number of allylic oxidation sites excluding steroid dienone is 6. The monoisotopic (exact) mass is 531 g/mol. The van der Waals surface area contributed by atoms with Crippen molar-refractivity contribution in [3.8, 4) is 34.2 Å². The predicted octanol–water partition coefficient (Wildman–Crippen LogP) is 8.35. The van der Waals surface area contributed by atoms with E-state index in [0.717, 1.165) is 33.0 Å². The fourth-order valence-corrected chi connectivity index (χ4v) is 5.15. The second-order valence-corrected chi connectivity index (χ2v) is 10.1. The predicted molar refractivity (Wildman–Crippen MR) is 168 cm³/mol. The molecular formula is C36H29N5. The van der Waals surface area contributed by atoms with Crippen molar-refractivity contribution in [2.24, 2.45) is 11.8 Å². The van der Waals surface area contributed by atoms with Gasteiger partial charge in [0.05, 0.1) is 5.71 Å². The number of nitrogens with zero attached hydrogens (tertiary/aromatic N) is 3. The zero-order valence-corrected chi connectivity index (χ0v) is 22.7. The average molecular weight is 532 g/mol. The highest BCUT2D eigenvalue weighted by atomic mass is 15.0. The number of rotatable bonds is 7. The van der Waals surface area contributed by atoms with Crippen LogP contribution in [0.15, 0.2) is 134 Å². The lowest BCUT2D eigenvalue weighted by atomic mass is 9.85. The highest BCUT2D eigenvalue weighted by molar-refractivity contribution is 6.20. The van der Waals surface area contributed by atoms with Crippen molar-refractivity contribution in [1.82, 2.24) is 15.0 Å². The zero-order valence-electron chi connectivity index (χ0n) is 22.7. The quantitative estimate of drug-likeness (QED) is 0.207. The van der Waals surface area contributed by atoms with Gasteiger partial charge in [-0.15, -0.1) is 0 Å². The normalized spacial score (nSPS) is 16.3. The first-order valence-electron chi connectivity index (χ1n) is 13.7. The fourth-order valence-electron chi connectivity index (χ4n) is 5.15. The number of nitrogens with one attached hydrogen (secondary N) is 2. The third kappa shape index (κ3) is 5.43. The molecule has 198 valence electrons. The zero-order chi connectivity index (χ0) is 28.2. The average Bonchev–Trinajstić information content (AvgIpc) is 3.03. The van der Waals surface area contributed by atoms with Crippen LogP contribution in [-0.2, 0) is 0 Å². The van der Waals surface area contributed by atoms with Crippen molar-refractivity contribution in [2.45, 2.75) is 6.92 Å². The Kier molecular flexibility index (Phi) is 7.25. The fraction of sp³-hybridized carbons (Fsp3) is 0.0833. The van der Waals surface area contributed by atoms with Crippen LogP contribution in [-0.4, -0.2) is 26.4 Å². The number of benzene rings is 4. The van der Waals surface area contributed by atoms with Crippen molar-refractivity contribution in [2.75, 3.05) is 0 Å². The van der Waals surface area contributed by atoms with Gasteiger partial charge in [-0.3, -0.25) is 0 Å². The first-order chi connectivity index (χ1) is 20.1. The van der Waals surface area contributed by atoms with Gasteiger partial charge in [-0.2, -0.15) is 0 Å². The summed E-state index contributed by atoms with van der Waals surface area (Å²) in [7, 11) is 0. The molecule has 0 bridgehead atoms. The van der Waals surface area contributed by atoms with E-state index >= 15 is 0 Å². The molecule has 5 heteroatoms. The lowest BCUT2D eigenvalue weighted by Crippen LogP contribution is -2.18. The summed E-state index contributed by atoms with van der Waals surface area (Å²) in [5.74, 6) is 1.87. The van der Waals surface area contributed by atoms with Crippen LogP contribution in [0.2, 0.25) is 0 Å². The van der Waals surface area contributed by atoms with Crippen molar-refractivity contribution in [1.29, 1.82) is 10.8 Å². The smallest absolute Gasteiger partial charge is 0.164 e. The van der Waals surface area contributed by atoms with Crippen LogP contribution in [0.1, 0.15) is 12.5 Å². The summed E-state index contributed by atoms with van der Waals surface area (Å²) in [5.41, 5.74) is 4.03. The summed E-state index contributed by atoms with van der Waals surface area (Å²) in [6.07, 6.45) is 11.6. The van der Waals surface area contributed by atoms with E-state index < -0.39 is 0 Å². The summed E-state index contributed by atoms with van der Waals surface area (Å²) in [4.78, 5) is 14.7. The summed E-state index contributed by atoms with van der Waals surface area (Å²) >= 11 is 0. The van der Waals surface area contributed by atoms with Crippen molar-refractivity contribution >= 4 is 22.2 Å². The minimum atomic E-state index is -0.0126. The molecule has 1 aliphatic rings. The molecule has 0 radical (unpaired) electrons. The van der Waals surface area contributed by atoms with Gasteiger partial charge in [0.25, 0.3) is 0 Å². The van der Waals surface area contributed by atoms with Gasteiger partial charge in [0.2, 0.25) is 0 Å². The van der Waals surface area contributed by atoms with E-state index in [4.69, 9.17) is 20.4 Å². The Hall–Kier alpha value is -5.29. The minimum absolute atomic E-state index is 0.0126. The molecule has 2 N–H and O–H groups in total. The first kappa shape index (κ1) is 26.0. The van der Waals surface area contributed by atoms with Crippen LogP contribution in [0, 0.1) is 22.7 Å². The maximum atomic E-state index is 9.21. The van der Waals surface area contributed by atoms with Crippen molar-refractivity contribution < 1.29 is 0 Å². The lowest BCUT2D eigenvalue weighted by molar-refractivity contribution is 0.635. The highest BCUT2D eigenvalue weighted by Crippen LogP contribution is 2.32. The first-order valence-corrected chi connectivity index (χ1v) is 13.7. The molecule has 0 fully saturated rings. The van der Waals surface area contributed by atoms with Gasteiger partial charge in [0.1, 0.15) is 0 Å². The van der Waals surface area contributed by atoms with Gasteiger partial charge >= 0.3 is 0 Å². The van der Waals surface area contributed by atoms with E-state index in [1.807, 2.05) is 115 Å². The van der Waals surface area contributed by atoms with Gasteiger partial charge in [-0.05, 0) is 34.9 Å². The van der Waals surface area contributed by atoms with Gasteiger partial charge in [-0.25, -0.2) is 15.0 Å². The van der Waals surface area contributed by atoms with E-state index in [1.54, 1.807) is 12.2 Å². The van der Waals surface area contributed by atoms with E-state index in [9.17, 15) is 5.41 Å². The van der Waals surface area contributed by atoms with Crippen LogP contribution < -0.4 is 0 Å². The molecular weight excluding hydrogens is 502 g/mol. The molecule has 4 aromatic carbocycles. The molecule has 0 saturated carbocycles. The lowest BCUT2D eigenvalue weighted by Gasteiger charge is -2.19. The molecule has 0 saturated heterocycles. The SMILES string of the molecule is CC1C=CC=CC1C(=N)/C=C\C(=N)c1c(-c2nc(-c3ccccc3)nc(-c3ccccc3)n2)ccc2ccccc12. The Labute approximate surface area is 239 Å². The summed E-state index contributed by atoms with van der Waals surface area (Å²) in [6, 6.07) is 31.8. The molecule has 0 amide bonds. The minimum Gasteiger partial charge on any atom is -0.305 e. The summed E-state index contributed by atoms with van der Waals surface area (Å²) in [5, 5.41) is 19.9. The topological polar surface area (TPSA) is 86.4 Å². The number of hydrogen-bond donors (Lipinski definition) is 2. The van der Waals surface area contributed by atoms with E-state index in [0.29, 0.717) is 28.9 Å². The molecule has 0 aliphatic heterocycles. The Bertz CT molecular complexity index is 1780. The third-order valence-electron chi connectivity index (χ3n) is 7.34. The summed E-state index contributed by atoms with van der Waals surface area (Å²) < 4.78 is 0. The molecule has 2 atom stereocenters. The maximum Gasteiger partial charge on any atom is 0.164 e. The second-order valence-electron chi connectivity index (χ2n) is 10.1. The molecule has 1 aliphatic carbocycles. The van der Waals surface area contributed by atoms with Gasteiger partial charge in [0.15, 0.2) is 17.5 Å². The Balaban J connectivity index is 1.50. The van der Waals surface area contributed by atoms with Gasteiger partial charge in [0, 0.05) is 33.9 Å². The Morgan fingerprint density at radius 3 is 1.88 bits per heavy atom. The number of fused-ring (bicyclic) bond motifs is 1. The standard InChI is InChI=1S/C36H29N5/c1-24-12-8-10-18-28(24)31(37)22-23-32(38)33-29-19-11-9-13-25(29)20-21-30(33)36-40-34(26-14-4-2-5-15-26)39-35(41-36)27-16-6-3-7-17-27/h2-24,28,37-38H,1H3/b23-22-,37-31?,38-32?. The largest absolute Gasteiger partial charge is 0.305 e. The van der Waals surface area contributed by atoms with Gasteiger partial charge in [-0.1, -0.05) is 122 Å². The van der Waals surface area contributed by atoms with Crippen molar-refractivity contribution in [3.05, 3.63) is 139 Å². The van der Waals surface area contributed by atoms with Crippen LogP contribution in [0.4, 0.5) is 0 Å². The maximum absolute atomic E-state index is 9.21. The molecule has 5 aromatic rings. The van der Waals surface area contributed by atoms with E-state index in [-0.39, 0.29) is 11.8 Å². The van der Waals surface area contributed by atoms with E-state index in [1.165, 1.54) is 0 Å². The number of hydrogen-bond acceptors (Lipinski definition) is 5. The number of aromatic nitrogens is 3. The molecule has 0 spiro atoms. The van der Waals surface area contributed by atoms with Crippen molar-refractivity contribution in [3.63, 3.8) is 0 Å².